The number of rotatable bonds is 6. The van der Waals surface area contributed by atoms with E-state index in [1.165, 1.54) is 12.8 Å². The quantitative estimate of drug-likeness (QED) is 0.524. The first-order valence-corrected chi connectivity index (χ1v) is 5.74. The fourth-order valence-electron chi connectivity index (χ4n) is 1.43. The molecule has 0 heterocycles. The first-order chi connectivity index (χ1) is 7.27. The zero-order valence-corrected chi connectivity index (χ0v) is 9.46. The van der Waals surface area contributed by atoms with Crippen LogP contribution in [-0.2, 0) is 0 Å². The second kappa shape index (κ2) is 6.34. The molecule has 0 aliphatic heterocycles. The topological polar surface area (TPSA) is 32.3 Å². The van der Waals surface area contributed by atoms with Crippen molar-refractivity contribution in [1.82, 2.24) is 10.2 Å². The minimum absolute atomic E-state index is 0.00620. The van der Waals surface area contributed by atoms with Crippen LogP contribution >= 0.6 is 0 Å². The van der Waals surface area contributed by atoms with Crippen LogP contribution in [-0.4, -0.2) is 30.6 Å². The highest BCUT2D eigenvalue weighted by atomic mass is 16.2. The molecular formula is C12H20N2O. The van der Waals surface area contributed by atoms with Crippen LogP contribution in [0.5, 0.6) is 0 Å². The van der Waals surface area contributed by atoms with E-state index >= 15 is 0 Å². The number of hydrogen-bond donors (Lipinski definition) is 1. The highest BCUT2D eigenvalue weighted by Crippen LogP contribution is 2.29. The van der Waals surface area contributed by atoms with Gasteiger partial charge in [-0.25, -0.2) is 4.79 Å². The second-order valence-electron chi connectivity index (χ2n) is 4.11. The fraction of sp³-hybridized carbons (Fsp3) is 0.750. The zero-order valence-electron chi connectivity index (χ0n) is 9.46. The molecule has 0 radical (unpaired) electrons. The molecule has 3 heteroatoms. The first kappa shape index (κ1) is 11.9. The van der Waals surface area contributed by atoms with Crippen molar-refractivity contribution >= 4 is 6.03 Å². The molecule has 1 aliphatic rings. The molecule has 1 aliphatic carbocycles. The lowest BCUT2D eigenvalue weighted by Crippen LogP contribution is -2.41. The summed E-state index contributed by atoms with van der Waals surface area (Å²) in [7, 11) is 0. The molecule has 84 valence electrons. The lowest BCUT2D eigenvalue weighted by molar-refractivity contribution is 0.202. The second-order valence-corrected chi connectivity index (χ2v) is 4.11. The molecule has 0 atom stereocenters. The van der Waals surface area contributed by atoms with Gasteiger partial charge in [-0.1, -0.05) is 19.3 Å². The summed E-state index contributed by atoms with van der Waals surface area (Å²) in [5.41, 5.74) is 0. The first-order valence-electron chi connectivity index (χ1n) is 5.74. The molecule has 0 saturated heterocycles. The van der Waals surface area contributed by atoms with Gasteiger partial charge in [-0.3, -0.25) is 0 Å². The Morgan fingerprint density at radius 1 is 1.60 bits per heavy atom. The number of carbonyl (C=O) groups is 1. The summed E-state index contributed by atoms with van der Waals surface area (Å²) >= 11 is 0. The maximum absolute atomic E-state index is 11.7. The van der Waals surface area contributed by atoms with Crippen molar-refractivity contribution < 1.29 is 4.79 Å². The lowest BCUT2D eigenvalue weighted by atomic mass is 10.3. The highest BCUT2D eigenvalue weighted by Gasteiger charge is 2.26. The molecule has 1 N–H and O–H groups in total. The van der Waals surface area contributed by atoms with Crippen molar-refractivity contribution in [1.29, 1.82) is 0 Å². The lowest BCUT2D eigenvalue weighted by Gasteiger charge is -2.20. The third-order valence-electron chi connectivity index (χ3n) is 2.55. The van der Waals surface area contributed by atoms with Gasteiger partial charge in [-0.05, 0) is 25.2 Å². The summed E-state index contributed by atoms with van der Waals surface area (Å²) in [6.07, 6.45) is 9.85. The molecule has 0 aromatic rings. The molecule has 0 aromatic carbocycles. The van der Waals surface area contributed by atoms with Crippen molar-refractivity contribution in [3.8, 4) is 12.3 Å². The van der Waals surface area contributed by atoms with Crippen LogP contribution in [0.2, 0.25) is 0 Å². The van der Waals surface area contributed by atoms with Gasteiger partial charge in [0.05, 0.1) is 6.54 Å². The highest BCUT2D eigenvalue weighted by molar-refractivity contribution is 5.74. The Hall–Kier alpha value is -1.17. The minimum Gasteiger partial charge on any atom is -0.338 e. The average molecular weight is 208 g/mol. The number of carbonyl (C=O) groups excluding carboxylic acids is 1. The molecule has 15 heavy (non-hydrogen) atoms. The summed E-state index contributed by atoms with van der Waals surface area (Å²) < 4.78 is 0. The van der Waals surface area contributed by atoms with Crippen LogP contribution in [0.4, 0.5) is 4.79 Å². The third kappa shape index (κ3) is 4.73. The number of nitrogens with one attached hydrogen (secondary N) is 1. The molecule has 1 saturated carbocycles. The number of nitrogens with zero attached hydrogens (tertiary/aromatic N) is 1. The maximum atomic E-state index is 11.7. The molecule has 0 spiro atoms. The van der Waals surface area contributed by atoms with Crippen LogP contribution in [0.25, 0.3) is 0 Å². The molecule has 0 bridgehead atoms. The largest absolute Gasteiger partial charge is 0.338 e. The number of hydrogen-bond acceptors (Lipinski definition) is 1. The van der Waals surface area contributed by atoms with Gasteiger partial charge >= 0.3 is 6.03 Å². The summed E-state index contributed by atoms with van der Waals surface area (Å²) in [5, 5.41) is 2.89. The predicted molar refractivity (Wildman–Crippen MR) is 61.4 cm³/mol. The molecule has 1 fully saturated rings. The third-order valence-corrected chi connectivity index (χ3v) is 2.55. The SMILES string of the molecule is C#CCN(CC1CC1)C(=O)NCCCC. The average Bonchev–Trinajstić information content (AvgIpc) is 3.01. The normalized spacial score (nSPS) is 14.4. The van der Waals surface area contributed by atoms with Gasteiger partial charge in [0.2, 0.25) is 0 Å². The number of unbranched alkanes of at least 4 members (excludes halogenated alkanes) is 1. The van der Waals surface area contributed by atoms with Gasteiger partial charge in [0.15, 0.2) is 0 Å². The summed E-state index contributed by atoms with van der Waals surface area (Å²) in [4.78, 5) is 13.4. The van der Waals surface area contributed by atoms with E-state index in [2.05, 4.69) is 18.2 Å². The Labute approximate surface area is 92.2 Å². The van der Waals surface area contributed by atoms with Crippen molar-refractivity contribution in [2.24, 2.45) is 5.92 Å². The van der Waals surface area contributed by atoms with Crippen molar-refractivity contribution in [3.05, 3.63) is 0 Å². The Bertz CT molecular complexity index is 240. The van der Waals surface area contributed by atoms with E-state index in [1.807, 2.05) is 0 Å². The van der Waals surface area contributed by atoms with Crippen LogP contribution in [0, 0.1) is 18.3 Å². The monoisotopic (exact) mass is 208 g/mol. The fourth-order valence-corrected chi connectivity index (χ4v) is 1.43. The standard InChI is InChI=1S/C12H20N2O/c1-3-5-8-13-12(15)14(9-4-2)10-11-6-7-11/h2,11H,3,5-10H2,1H3,(H,13,15). The van der Waals surface area contributed by atoms with Crippen molar-refractivity contribution in [2.75, 3.05) is 19.6 Å². The van der Waals surface area contributed by atoms with Gasteiger partial charge in [-0.2, -0.15) is 0 Å². The van der Waals surface area contributed by atoms with E-state index in [9.17, 15) is 4.79 Å². The van der Waals surface area contributed by atoms with Crippen LogP contribution in [0.3, 0.4) is 0 Å². The van der Waals surface area contributed by atoms with E-state index in [4.69, 9.17) is 6.42 Å². The molecule has 1 rings (SSSR count). The molecule has 0 unspecified atom stereocenters. The molecule has 0 aromatic heterocycles. The number of terminal acetylenes is 1. The Morgan fingerprint density at radius 2 is 2.33 bits per heavy atom. The van der Waals surface area contributed by atoms with Gasteiger partial charge in [0.25, 0.3) is 0 Å². The van der Waals surface area contributed by atoms with E-state index in [1.54, 1.807) is 4.90 Å². The Morgan fingerprint density at radius 3 is 2.87 bits per heavy atom. The number of amides is 2. The van der Waals surface area contributed by atoms with E-state index in [0.29, 0.717) is 12.5 Å². The van der Waals surface area contributed by atoms with Crippen LogP contribution < -0.4 is 5.32 Å². The molecular weight excluding hydrogens is 188 g/mol. The Balaban J connectivity index is 2.26. The van der Waals surface area contributed by atoms with Crippen molar-refractivity contribution in [2.45, 2.75) is 32.6 Å². The number of urea groups is 1. The van der Waals surface area contributed by atoms with Crippen LogP contribution in [0.15, 0.2) is 0 Å². The van der Waals surface area contributed by atoms with Gasteiger partial charge < -0.3 is 10.2 Å². The summed E-state index contributed by atoms with van der Waals surface area (Å²) in [6, 6.07) is -0.00620. The van der Waals surface area contributed by atoms with E-state index < -0.39 is 0 Å². The van der Waals surface area contributed by atoms with E-state index in [-0.39, 0.29) is 6.03 Å². The molecule has 2 amide bonds. The molecule has 3 nitrogen and oxygen atoms in total. The predicted octanol–water partition coefficient (Wildman–Crippen LogP) is 1.84. The van der Waals surface area contributed by atoms with Gasteiger partial charge in [0.1, 0.15) is 0 Å². The summed E-state index contributed by atoms with van der Waals surface area (Å²) in [6.45, 7) is 4.10. The smallest absolute Gasteiger partial charge is 0.318 e. The van der Waals surface area contributed by atoms with Crippen LogP contribution in [0.1, 0.15) is 32.6 Å². The minimum atomic E-state index is -0.00620. The van der Waals surface area contributed by atoms with Crippen molar-refractivity contribution in [3.63, 3.8) is 0 Å². The van der Waals surface area contributed by atoms with E-state index in [0.717, 1.165) is 25.9 Å². The Kier molecular flexibility index (Phi) is 5.03. The zero-order chi connectivity index (χ0) is 11.1. The summed E-state index contributed by atoms with van der Waals surface area (Å²) in [5.74, 6) is 3.23. The van der Waals surface area contributed by atoms with Gasteiger partial charge in [0, 0.05) is 13.1 Å². The maximum Gasteiger partial charge on any atom is 0.318 e. The van der Waals surface area contributed by atoms with Gasteiger partial charge in [-0.15, -0.1) is 6.42 Å².